The highest BCUT2D eigenvalue weighted by Gasteiger charge is 2.27. The number of nitrogens with zero attached hydrogens (tertiary/aromatic N) is 2. The fourth-order valence-corrected chi connectivity index (χ4v) is 1.18. The van der Waals surface area contributed by atoms with Gasteiger partial charge in [0.15, 0.2) is 5.82 Å². The highest BCUT2D eigenvalue weighted by Crippen LogP contribution is 2.15. The SMILES string of the molecule is CCc1cc(NC)nc(COCC(F)(F)F)n1. The lowest BCUT2D eigenvalue weighted by Crippen LogP contribution is -2.17. The molecule has 0 saturated carbocycles. The second kappa shape index (κ2) is 5.81. The zero-order valence-electron chi connectivity index (χ0n) is 9.64. The Morgan fingerprint density at radius 1 is 1.35 bits per heavy atom. The molecular formula is C10H14F3N3O. The normalized spacial score (nSPS) is 11.6. The van der Waals surface area contributed by atoms with Crippen molar-refractivity contribution >= 4 is 5.82 Å². The number of alkyl halides is 3. The van der Waals surface area contributed by atoms with Crippen molar-refractivity contribution in [3.8, 4) is 0 Å². The van der Waals surface area contributed by atoms with E-state index < -0.39 is 12.8 Å². The molecule has 96 valence electrons. The highest BCUT2D eigenvalue weighted by molar-refractivity contribution is 5.35. The molecule has 0 aliphatic carbocycles. The van der Waals surface area contributed by atoms with Gasteiger partial charge in [0.2, 0.25) is 0 Å². The van der Waals surface area contributed by atoms with E-state index in [1.54, 1.807) is 13.1 Å². The van der Waals surface area contributed by atoms with E-state index >= 15 is 0 Å². The Morgan fingerprint density at radius 3 is 2.59 bits per heavy atom. The Kier molecular flexibility index (Phi) is 4.68. The van der Waals surface area contributed by atoms with Crippen molar-refractivity contribution in [2.75, 3.05) is 19.0 Å². The maximum atomic E-state index is 11.9. The molecule has 1 aromatic heterocycles. The van der Waals surface area contributed by atoms with E-state index in [1.807, 2.05) is 6.92 Å². The summed E-state index contributed by atoms with van der Waals surface area (Å²) in [6.45, 7) is 0.367. The van der Waals surface area contributed by atoms with Crippen LogP contribution in [-0.4, -0.2) is 29.8 Å². The van der Waals surface area contributed by atoms with Gasteiger partial charge in [-0.1, -0.05) is 6.92 Å². The summed E-state index contributed by atoms with van der Waals surface area (Å²) in [5.74, 6) is 0.820. The molecule has 0 unspecified atom stereocenters. The van der Waals surface area contributed by atoms with Crippen LogP contribution in [0.5, 0.6) is 0 Å². The summed E-state index contributed by atoms with van der Waals surface area (Å²) in [6, 6.07) is 1.74. The number of aryl methyl sites for hydroxylation is 1. The van der Waals surface area contributed by atoms with Crippen LogP contribution in [0.15, 0.2) is 6.07 Å². The van der Waals surface area contributed by atoms with Crippen LogP contribution in [0.1, 0.15) is 18.4 Å². The third-order valence-electron chi connectivity index (χ3n) is 1.94. The van der Waals surface area contributed by atoms with Gasteiger partial charge in [-0.05, 0) is 6.42 Å². The first-order chi connectivity index (χ1) is 7.94. The van der Waals surface area contributed by atoms with Crippen molar-refractivity contribution in [1.29, 1.82) is 0 Å². The van der Waals surface area contributed by atoms with Gasteiger partial charge in [0.25, 0.3) is 0 Å². The van der Waals surface area contributed by atoms with E-state index in [0.29, 0.717) is 12.2 Å². The summed E-state index contributed by atoms with van der Waals surface area (Å²) < 4.78 is 40.1. The standard InChI is InChI=1S/C10H14F3N3O/c1-3-7-4-8(14-2)16-9(15-7)5-17-6-10(11,12)13/h4H,3,5-6H2,1-2H3,(H,14,15,16). The lowest BCUT2D eigenvalue weighted by molar-refractivity contribution is -0.177. The number of nitrogens with one attached hydrogen (secondary N) is 1. The Morgan fingerprint density at radius 2 is 2.06 bits per heavy atom. The first-order valence-electron chi connectivity index (χ1n) is 5.13. The third kappa shape index (κ3) is 4.99. The van der Waals surface area contributed by atoms with E-state index in [4.69, 9.17) is 0 Å². The monoisotopic (exact) mass is 249 g/mol. The Hall–Kier alpha value is -1.37. The van der Waals surface area contributed by atoms with Crippen LogP contribution in [0.2, 0.25) is 0 Å². The Bertz CT molecular complexity index is 346. The zero-order valence-corrected chi connectivity index (χ0v) is 9.64. The predicted octanol–water partition coefficient (Wildman–Crippen LogP) is 2.16. The molecule has 0 aliphatic rings. The number of aromatic nitrogens is 2. The topological polar surface area (TPSA) is 47.0 Å². The number of anilines is 1. The minimum Gasteiger partial charge on any atom is -0.373 e. The van der Waals surface area contributed by atoms with Crippen LogP contribution in [0, 0.1) is 0 Å². The summed E-state index contributed by atoms with van der Waals surface area (Å²) in [5.41, 5.74) is 0.759. The molecule has 0 radical (unpaired) electrons. The predicted molar refractivity (Wildman–Crippen MR) is 56.7 cm³/mol. The molecule has 1 heterocycles. The van der Waals surface area contributed by atoms with Crippen molar-refractivity contribution in [3.05, 3.63) is 17.6 Å². The van der Waals surface area contributed by atoms with Gasteiger partial charge in [-0.2, -0.15) is 13.2 Å². The second-order valence-electron chi connectivity index (χ2n) is 3.37. The van der Waals surface area contributed by atoms with Gasteiger partial charge in [0.1, 0.15) is 19.0 Å². The van der Waals surface area contributed by atoms with E-state index in [9.17, 15) is 13.2 Å². The van der Waals surface area contributed by atoms with Gasteiger partial charge in [-0.3, -0.25) is 0 Å². The van der Waals surface area contributed by atoms with Gasteiger partial charge in [-0.25, -0.2) is 9.97 Å². The van der Waals surface area contributed by atoms with E-state index in [0.717, 1.165) is 5.69 Å². The second-order valence-corrected chi connectivity index (χ2v) is 3.37. The summed E-state index contributed by atoms with van der Waals surface area (Å²) >= 11 is 0. The lowest BCUT2D eigenvalue weighted by atomic mass is 10.3. The Balaban J connectivity index is 2.64. The summed E-state index contributed by atoms with van der Waals surface area (Å²) in [6.07, 6.45) is -3.64. The summed E-state index contributed by atoms with van der Waals surface area (Å²) in [5, 5.41) is 2.82. The number of rotatable bonds is 5. The van der Waals surface area contributed by atoms with Gasteiger partial charge in [0, 0.05) is 18.8 Å². The largest absolute Gasteiger partial charge is 0.411 e. The van der Waals surface area contributed by atoms with Crippen LogP contribution < -0.4 is 5.32 Å². The molecular weight excluding hydrogens is 235 g/mol. The molecule has 1 N–H and O–H groups in total. The van der Waals surface area contributed by atoms with E-state index in [-0.39, 0.29) is 12.4 Å². The molecule has 1 aromatic rings. The number of hydrogen-bond donors (Lipinski definition) is 1. The van der Waals surface area contributed by atoms with Crippen LogP contribution >= 0.6 is 0 Å². The highest BCUT2D eigenvalue weighted by atomic mass is 19.4. The molecule has 17 heavy (non-hydrogen) atoms. The minimum atomic E-state index is -4.33. The average molecular weight is 249 g/mol. The van der Waals surface area contributed by atoms with Gasteiger partial charge >= 0.3 is 6.18 Å². The van der Waals surface area contributed by atoms with Crippen molar-refractivity contribution in [2.24, 2.45) is 0 Å². The van der Waals surface area contributed by atoms with Gasteiger partial charge in [0.05, 0.1) is 0 Å². The van der Waals surface area contributed by atoms with Crippen LogP contribution in [0.3, 0.4) is 0 Å². The van der Waals surface area contributed by atoms with Crippen LogP contribution in [0.25, 0.3) is 0 Å². The van der Waals surface area contributed by atoms with Crippen molar-refractivity contribution in [3.63, 3.8) is 0 Å². The molecule has 0 bridgehead atoms. The first kappa shape index (κ1) is 13.7. The summed E-state index contributed by atoms with van der Waals surface area (Å²) in [4.78, 5) is 8.08. The molecule has 0 saturated heterocycles. The fraction of sp³-hybridized carbons (Fsp3) is 0.600. The number of hydrogen-bond acceptors (Lipinski definition) is 4. The van der Waals surface area contributed by atoms with Gasteiger partial charge < -0.3 is 10.1 Å². The molecule has 0 aromatic carbocycles. The molecule has 0 amide bonds. The van der Waals surface area contributed by atoms with Crippen molar-refractivity contribution in [2.45, 2.75) is 26.1 Å². The molecule has 1 rings (SSSR count). The molecule has 0 fully saturated rings. The van der Waals surface area contributed by atoms with E-state index in [1.165, 1.54) is 0 Å². The maximum absolute atomic E-state index is 11.9. The number of halogens is 3. The van der Waals surface area contributed by atoms with Crippen molar-refractivity contribution < 1.29 is 17.9 Å². The fourth-order valence-electron chi connectivity index (χ4n) is 1.18. The lowest BCUT2D eigenvalue weighted by Gasteiger charge is -2.09. The maximum Gasteiger partial charge on any atom is 0.411 e. The smallest absolute Gasteiger partial charge is 0.373 e. The van der Waals surface area contributed by atoms with Crippen molar-refractivity contribution in [1.82, 2.24) is 9.97 Å². The van der Waals surface area contributed by atoms with E-state index in [2.05, 4.69) is 20.0 Å². The summed E-state index contributed by atoms with van der Waals surface area (Å²) in [7, 11) is 1.68. The quantitative estimate of drug-likeness (QED) is 0.868. The zero-order chi connectivity index (χ0) is 12.9. The molecule has 0 spiro atoms. The van der Waals surface area contributed by atoms with Crippen LogP contribution in [-0.2, 0) is 17.8 Å². The van der Waals surface area contributed by atoms with Gasteiger partial charge in [-0.15, -0.1) is 0 Å². The minimum absolute atomic E-state index is 0.248. The molecule has 0 atom stereocenters. The van der Waals surface area contributed by atoms with Crippen LogP contribution in [0.4, 0.5) is 19.0 Å². The third-order valence-corrected chi connectivity index (χ3v) is 1.94. The first-order valence-corrected chi connectivity index (χ1v) is 5.13. The molecule has 0 aliphatic heterocycles. The molecule has 7 heteroatoms. The molecule has 4 nitrogen and oxygen atoms in total. The Labute approximate surface area is 97.2 Å². The number of ether oxygens (including phenoxy) is 1. The average Bonchev–Trinajstić information content (AvgIpc) is 2.26.